The Bertz CT molecular complexity index is 560. The van der Waals surface area contributed by atoms with Crippen LogP contribution < -0.4 is 10.5 Å². The van der Waals surface area contributed by atoms with Gasteiger partial charge in [0, 0.05) is 11.8 Å². The first-order valence-corrected chi connectivity index (χ1v) is 6.47. The molecule has 0 aromatic heterocycles. The highest BCUT2D eigenvalue weighted by atomic mass is 79.9. The SMILES string of the molecule is Nc1ccc(C(O)COc2ccc(Br)c(F)c2)cc1. The first kappa shape index (κ1) is 13.8. The summed E-state index contributed by atoms with van der Waals surface area (Å²) in [5.41, 5.74) is 6.90. The Morgan fingerprint density at radius 3 is 2.53 bits per heavy atom. The zero-order valence-corrected chi connectivity index (χ0v) is 11.6. The Kier molecular flexibility index (Phi) is 4.39. The zero-order valence-electron chi connectivity index (χ0n) is 10.0. The summed E-state index contributed by atoms with van der Waals surface area (Å²) in [6.07, 6.45) is -0.785. The molecule has 3 N–H and O–H groups in total. The number of benzene rings is 2. The van der Waals surface area contributed by atoms with E-state index in [1.54, 1.807) is 36.4 Å². The second kappa shape index (κ2) is 6.04. The van der Waals surface area contributed by atoms with E-state index in [9.17, 15) is 9.50 Å². The first-order valence-electron chi connectivity index (χ1n) is 5.67. The van der Waals surface area contributed by atoms with Gasteiger partial charge in [0.15, 0.2) is 0 Å². The van der Waals surface area contributed by atoms with Gasteiger partial charge in [-0.15, -0.1) is 0 Å². The van der Waals surface area contributed by atoms with E-state index < -0.39 is 11.9 Å². The fraction of sp³-hybridized carbons (Fsp3) is 0.143. The van der Waals surface area contributed by atoms with Gasteiger partial charge in [-0.25, -0.2) is 4.39 Å². The van der Waals surface area contributed by atoms with Gasteiger partial charge in [0.05, 0.1) is 4.47 Å². The lowest BCUT2D eigenvalue weighted by Crippen LogP contribution is -2.09. The Morgan fingerprint density at radius 2 is 1.89 bits per heavy atom. The van der Waals surface area contributed by atoms with Gasteiger partial charge in [0.2, 0.25) is 0 Å². The van der Waals surface area contributed by atoms with Crippen molar-refractivity contribution in [2.45, 2.75) is 6.10 Å². The summed E-state index contributed by atoms with van der Waals surface area (Å²) in [5, 5.41) is 9.93. The molecule has 0 spiro atoms. The van der Waals surface area contributed by atoms with Crippen LogP contribution in [0.1, 0.15) is 11.7 Å². The molecule has 0 amide bonds. The lowest BCUT2D eigenvalue weighted by molar-refractivity contribution is 0.108. The molecule has 0 saturated heterocycles. The number of ether oxygens (including phenoxy) is 1. The molecular formula is C14H13BrFNO2. The van der Waals surface area contributed by atoms with Crippen LogP contribution in [0, 0.1) is 5.82 Å². The van der Waals surface area contributed by atoms with Crippen LogP contribution in [0.25, 0.3) is 0 Å². The molecule has 0 saturated carbocycles. The van der Waals surface area contributed by atoms with Crippen LogP contribution in [0.3, 0.4) is 0 Å². The average Bonchev–Trinajstić information content (AvgIpc) is 2.40. The first-order chi connectivity index (χ1) is 9.06. The number of nitrogens with two attached hydrogens (primary N) is 1. The molecule has 0 bridgehead atoms. The molecule has 1 unspecified atom stereocenters. The van der Waals surface area contributed by atoms with E-state index in [0.717, 1.165) is 0 Å². The van der Waals surface area contributed by atoms with Crippen LogP contribution in [-0.2, 0) is 0 Å². The maximum atomic E-state index is 13.3. The molecule has 0 aliphatic rings. The highest BCUT2D eigenvalue weighted by molar-refractivity contribution is 9.10. The lowest BCUT2D eigenvalue weighted by Gasteiger charge is -2.13. The normalized spacial score (nSPS) is 12.2. The third-order valence-electron chi connectivity index (χ3n) is 2.62. The van der Waals surface area contributed by atoms with E-state index in [2.05, 4.69) is 15.9 Å². The molecule has 2 aromatic rings. The molecule has 3 nitrogen and oxygen atoms in total. The van der Waals surface area contributed by atoms with Gasteiger partial charge < -0.3 is 15.6 Å². The number of aliphatic hydroxyl groups excluding tert-OH is 1. The maximum Gasteiger partial charge on any atom is 0.141 e. The monoisotopic (exact) mass is 325 g/mol. The summed E-state index contributed by atoms with van der Waals surface area (Å²) in [7, 11) is 0. The molecule has 100 valence electrons. The average molecular weight is 326 g/mol. The molecular weight excluding hydrogens is 313 g/mol. The number of rotatable bonds is 4. The number of halogens is 2. The van der Waals surface area contributed by atoms with Crippen molar-refractivity contribution in [3.63, 3.8) is 0 Å². The van der Waals surface area contributed by atoms with Crippen molar-refractivity contribution in [2.24, 2.45) is 0 Å². The molecule has 19 heavy (non-hydrogen) atoms. The molecule has 5 heteroatoms. The van der Waals surface area contributed by atoms with Crippen molar-refractivity contribution in [3.05, 3.63) is 58.3 Å². The highest BCUT2D eigenvalue weighted by Gasteiger charge is 2.09. The van der Waals surface area contributed by atoms with Gasteiger partial charge in [-0.1, -0.05) is 12.1 Å². The van der Waals surface area contributed by atoms with Crippen LogP contribution in [0.2, 0.25) is 0 Å². The largest absolute Gasteiger partial charge is 0.490 e. The minimum atomic E-state index is -0.785. The summed E-state index contributed by atoms with van der Waals surface area (Å²) in [5.74, 6) is -0.0327. The number of aliphatic hydroxyl groups is 1. The van der Waals surface area contributed by atoms with Gasteiger partial charge in [-0.05, 0) is 45.8 Å². The van der Waals surface area contributed by atoms with Crippen molar-refractivity contribution in [1.82, 2.24) is 0 Å². The summed E-state index contributed by atoms with van der Waals surface area (Å²) >= 11 is 3.06. The fourth-order valence-corrected chi connectivity index (χ4v) is 1.80. The lowest BCUT2D eigenvalue weighted by atomic mass is 10.1. The Balaban J connectivity index is 1.98. The van der Waals surface area contributed by atoms with Gasteiger partial charge in [0.1, 0.15) is 24.3 Å². The van der Waals surface area contributed by atoms with Crippen LogP contribution in [0.15, 0.2) is 46.9 Å². The molecule has 0 fully saturated rings. The molecule has 2 aromatic carbocycles. The van der Waals surface area contributed by atoms with Crippen LogP contribution in [-0.4, -0.2) is 11.7 Å². The number of hydrogen-bond acceptors (Lipinski definition) is 3. The van der Waals surface area contributed by atoms with E-state index in [4.69, 9.17) is 10.5 Å². The highest BCUT2D eigenvalue weighted by Crippen LogP contribution is 2.22. The van der Waals surface area contributed by atoms with Crippen molar-refractivity contribution < 1.29 is 14.2 Å². The second-order valence-corrected chi connectivity index (χ2v) is 4.92. The number of hydrogen-bond donors (Lipinski definition) is 2. The topological polar surface area (TPSA) is 55.5 Å². The fourth-order valence-electron chi connectivity index (χ4n) is 1.56. The van der Waals surface area contributed by atoms with E-state index in [-0.39, 0.29) is 6.61 Å². The minimum Gasteiger partial charge on any atom is -0.490 e. The standard InChI is InChI=1S/C14H13BrFNO2/c15-12-6-5-11(7-13(12)16)19-8-14(18)9-1-3-10(17)4-2-9/h1-7,14,18H,8,17H2. The summed E-state index contributed by atoms with van der Waals surface area (Å²) < 4.78 is 19.0. The smallest absolute Gasteiger partial charge is 0.141 e. The van der Waals surface area contributed by atoms with Gasteiger partial charge >= 0.3 is 0 Å². The molecule has 1 atom stereocenters. The summed E-state index contributed by atoms with van der Waals surface area (Å²) in [6.45, 7) is 0.0466. The van der Waals surface area contributed by atoms with Crippen LogP contribution in [0.4, 0.5) is 10.1 Å². The summed E-state index contributed by atoms with van der Waals surface area (Å²) in [6, 6.07) is 11.3. The quantitative estimate of drug-likeness (QED) is 0.848. The van der Waals surface area contributed by atoms with Crippen molar-refractivity contribution in [1.29, 1.82) is 0 Å². The third-order valence-corrected chi connectivity index (χ3v) is 3.26. The molecule has 0 radical (unpaired) electrons. The Labute approximate surface area is 118 Å². The van der Waals surface area contributed by atoms with Crippen LogP contribution >= 0.6 is 15.9 Å². The van der Waals surface area contributed by atoms with Crippen LogP contribution in [0.5, 0.6) is 5.75 Å². The van der Waals surface area contributed by atoms with Gasteiger partial charge in [-0.2, -0.15) is 0 Å². The van der Waals surface area contributed by atoms with E-state index >= 15 is 0 Å². The molecule has 0 heterocycles. The molecule has 0 aliphatic carbocycles. The van der Waals surface area contributed by atoms with Crippen molar-refractivity contribution in [2.75, 3.05) is 12.3 Å². The van der Waals surface area contributed by atoms with E-state index in [1.807, 2.05) is 0 Å². The zero-order chi connectivity index (χ0) is 13.8. The second-order valence-electron chi connectivity index (χ2n) is 4.07. The number of anilines is 1. The molecule has 0 aliphatic heterocycles. The third kappa shape index (κ3) is 3.68. The Hall–Kier alpha value is -1.59. The van der Waals surface area contributed by atoms with Gasteiger partial charge in [0.25, 0.3) is 0 Å². The van der Waals surface area contributed by atoms with Crippen molar-refractivity contribution >= 4 is 21.6 Å². The van der Waals surface area contributed by atoms with Crippen molar-refractivity contribution in [3.8, 4) is 5.75 Å². The predicted octanol–water partition coefficient (Wildman–Crippen LogP) is 3.28. The van der Waals surface area contributed by atoms with E-state index in [1.165, 1.54) is 6.07 Å². The van der Waals surface area contributed by atoms with Gasteiger partial charge in [-0.3, -0.25) is 0 Å². The minimum absolute atomic E-state index is 0.0466. The number of nitrogen functional groups attached to an aromatic ring is 1. The maximum absolute atomic E-state index is 13.3. The van der Waals surface area contributed by atoms with E-state index in [0.29, 0.717) is 21.5 Å². The predicted molar refractivity (Wildman–Crippen MR) is 75.4 cm³/mol. The Morgan fingerprint density at radius 1 is 1.21 bits per heavy atom. The molecule has 2 rings (SSSR count). The summed E-state index contributed by atoms with van der Waals surface area (Å²) in [4.78, 5) is 0.